The molecule has 5 nitrogen and oxygen atoms in total. The molecule has 0 radical (unpaired) electrons. The SMILES string of the molecule is CC(C)CS(=O)(=O)NC1(C(=O)O)CCC1. The van der Waals surface area contributed by atoms with Crippen LogP contribution in [0.2, 0.25) is 0 Å². The second-order valence-corrected chi connectivity index (χ2v) is 6.29. The first-order valence-corrected chi connectivity index (χ1v) is 6.68. The number of nitrogens with one attached hydrogen (secondary N) is 1. The lowest BCUT2D eigenvalue weighted by Gasteiger charge is -2.37. The summed E-state index contributed by atoms with van der Waals surface area (Å²) in [5.74, 6) is -1.10. The van der Waals surface area contributed by atoms with Crippen LogP contribution >= 0.6 is 0 Å². The fraction of sp³-hybridized carbons (Fsp3) is 0.889. The van der Waals surface area contributed by atoms with Crippen LogP contribution in [-0.4, -0.2) is 30.8 Å². The summed E-state index contributed by atoms with van der Waals surface area (Å²) in [6, 6.07) is 0. The van der Waals surface area contributed by atoms with Crippen molar-refractivity contribution >= 4 is 16.0 Å². The highest BCUT2D eigenvalue weighted by Gasteiger charge is 2.47. The molecule has 0 aliphatic heterocycles. The van der Waals surface area contributed by atoms with Gasteiger partial charge in [-0.15, -0.1) is 0 Å². The Morgan fingerprint density at radius 3 is 2.27 bits per heavy atom. The first-order valence-electron chi connectivity index (χ1n) is 5.02. The Morgan fingerprint density at radius 1 is 1.47 bits per heavy atom. The average molecular weight is 235 g/mol. The molecule has 1 fully saturated rings. The van der Waals surface area contributed by atoms with Crippen LogP contribution in [0.25, 0.3) is 0 Å². The molecule has 0 amide bonds. The lowest BCUT2D eigenvalue weighted by atomic mass is 9.78. The summed E-state index contributed by atoms with van der Waals surface area (Å²) in [5, 5.41) is 8.95. The molecule has 6 heteroatoms. The van der Waals surface area contributed by atoms with Gasteiger partial charge in [0.25, 0.3) is 0 Å². The van der Waals surface area contributed by atoms with Crippen molar-refractivity contribution in [3.05, 3.63) is 0 Å². The molecule has 88 valence electrons. The van der Waals surface area contributed by atoms with Crippen molar-refractivity contribution in [1.29, 1.82) is 0 Å². The summed E-state index contributed by atoms with van der Waals surface area (Å²) in [7, 11) is -3.48. The number of rotatable bonds is 5. The maximum Gasteiger partial charge on any atom is 0.324 e. The predicted octanol–water partition coefficient (Wildman–Crippen LogP) is 0.569. The Labute approximate surface area is 89.9 Å². The van der Waals surface area contributed by atoms with Crippen LogP contribution in [0, 0.1) is 5.92 Å². The van der Waals surface area contributed by atoms with Gasteiger partial charge in [0.2, 0.25) is 10.0 Å². The molecule has 1 aliphatic carbocycles. The zero-order chi connectivity index (χ0) is 11.7. The van der Waals surface area contributed by atoms with E-state index in [2.05, 4.69) is 4.72 Å². The Hall–Kier alpha value is -0.620. The third kappa shape index (κ3) is 2.92. The van der Waals surface area contributed by atoms with E-state index >= 15 is 0 Å². The van der Waals surface area contributed by atoms with E-state index in [1.165, 1.54) is 0 Å². The van der Waals surface area contributed by atoms with E-state index < -0.39 is 21.5 Å². The maximum atomic E-state index is 11.6. The van der Waals surface area contributed by atoms with Crippen molar-refractivity contribution in [2.45, 2.75) is 38.6 Å². The summed E-state index contributed by atoms with van der Waals surface area (Å²) in [5.41, 5.74) is -1.23. The van der Waals surface area contributed by atoms with Crippen LogP contribution in [0.15, 0.2) is 0 Å². The summed E-state index contributed by atoms with van der Waals surface area (Å²) < 4.78 is 25.5. The fourth-order valence-electron chi connectivity index (χ4n) is 1.67. The van der Waals surface area contributed by atoms with Crippen molar-refractivity contribution in [2.24, 2.45) is 5.92 Å². The highest BCUT2D eigenvalue weighted by molar-refractivity contribution is 7.89. The molecule has 0 saturated heterocycles. The lowest BCUT2D eigenvalue weighted by molar-refractivity contribution is -0.147. The van der Waals surface area contributed by atoms with Crippen molar-refractivity contribution < 1.29 is 18.3 Å². The topological polar surface area (TPSA) is 83.5 Å². The van der Waals surface area contributed by atoms with Gasteiger partial charge >= 0.3 is 5.97 Å². The minimum Gasteiger partial charge on any atom is -0.480 e. The second-order valence-electron chi connectivity index (χ2n) is 4.52. The molecule has 0 bridgehead atoms. The van der Waals surface area contributed by atoms with Gasteiger partial charge in [-0.3, -0.25) is 4.79 Å². The van der Waals surface area contributed by atoms with E-state index in [-0.39, 0.29) is 11.7 Å². The number of hydrogen-bond acceptors (Lipinski definition) is 3. The highest BCUT2D eigenvalue weighted by Crippen LogP contribution is 2.32. The van der Waals surface area contributed by atoms with Gasteiger partial charge in [0.15, 0.2) is 0 Å². The zero-order valence-electron chi connectivity index (χ0n) is 8.99. The molecule has 0 aromatic carbocycles. The van der Waals surface area contributed by atoms with Crippen LogP contribution in [0.1, 0.15) is 33.1 Å². The van der Waals surface area contributed by atoms with Crippen LogP contribution in [0.3, 0.4) is 0 Å². The third-order valence-electron chi connectivity index (χ3n) is 2.52. The van der Waals surface area contributed by atoms with Crippen molar-refractivity contribution in [3.8, 4) is 0 Å². The summed E-state index contributed by atoms with van der Waals surface area (Å²) in [6.45, 7) is 3.57. The zero-order valence-corrected chi connectivity index (χ0v) is 9.80. The van der Waals surface area contributed by atoms with Gasteiger partial charge in [-0.25, -0.2) is 8.42 Å². The number of hydrogen-bond donors (Lipinski definition) is 2. The van der Waals surface area contributed by atoms with E-state index in [9.17, 15) is 13.2 Å². The largest absolute Gasteiger partial charge is 0.480 e. The van der Waals surface area contributed by atoms with Crippen LogP contribution in [-0.2, 0) is 14.8 Å². The smallest absolute Gasteiger partial charge is 0.324 e. The van der Waals surface area contributed by atoms with Crippen molar-refractivity contribution in [2.75, 3.05) is 5.75 Å². The standard InChI is InChI=1S/C9H17NO4S/c1-7(2)6-15(13,14)10-9(8(11)12)4-3-5-9/h7,10H,3-6H2,1-2H3,(H,11,12). The Bertz CT molecular complexity index is 343. The van der Waals surface area contributed by atoms with E-state index in [0.717, 1.165) is 6.42 Å². The number of aliphatic carboxylic acids is 1. The molecule has 0 aromatic rings. The van der Waals surface area contributed by atoms with Gasteiger partial charge in [-0.1, -0.05) is 13.8 Å². The van der Waals surface area contributed by atoms with Gasteiger partial charge in [-0.2, -0.15) is 4.72 Å². The molecular weight excluding hydrogens is 218 g/mol. The quantitative estimate of drug-likeness (QED) is 0.729. The van der Waals surface area contributed by atoms with Gasteiger partial charge in [0, 0.05) is 0 Å². The molecule has 15 heavy (non-hydrogen) atoms. The van der Waals surface area contributed by atoms with Crippen LogP contribution in [0.4, 0.5) is 0 Å². The van der Waals surface area contributed by atoms with Crippen LogP contribution < -0.4 is 4.72 Å². The Morgan fingerprint density at radius 2 is 2.00 bits per heavy atom. The number of sulfonamides is 1. The highest BCUT2D eigenvalue weighted by atomic mass is 32.2. The Kier molecular flexibility index (Phi) is 3.40. The van der Waals surface area contributed by atoms with Crippen LogP contribution in [0.5, 0.6) is 0 Å². The van der Waals surface area contributed by atoms with E-state index in [4.69, 9.17) is 5.11 Å². The van der Waals surface area contributed by atoms with Crippen molar-refractivity contribution in [3.63, 3.8) is 0 Å². The molecule has 1 aliphatic rings. The monoisotopic (exact) mass is 235 g/mol. The van der Waals surface area contributed by atoms with Gasteiger partial charge in [0.1, 0.15) is 5.54 Å². The normalized spacial score (nSPS) is 19.9. The van der Waals surface area contributed by atoms with Gasteiger partial charge in [0.05, 0.1) is 5.75 Å². The molecule has 0 atom stereocenters. The minimum atomic E-state index is -3.48. The summed E-state index contributed by atoms with van der Waals surface area (Å²) in [6.07, 6.45) is 1.54. The maximum absolute atomic E-state index is 11.6. The molecule has 2 N–H and O–H groups in total. The fourth-order valence-corrected chi connectivity index (χ4v) is 3.52. The molecular formula is C9H17NO4S. The van der Waals surface area contributed by atoms with Gasteiger partial charge in [-0.05, 0) is 25.2 Å². The lowest BCUT2D eigenvalue weighted by Crippen LogP contribution is -2.59. The number of carboxylic acids is 1. The summed E-state index contributed by atoms with van der Waals surface area (Å²) >= 11 is 0. The molecule has 0 aromatic heterocycles. The first-order chi connectivity index (χ1) is 6.77. The molecule has 0 spiro atoms. The molecule has 0 unspecified atom stereocenters. The van der Waals surface area contributed by atoms with Gasteiger partial charge < -0.3 is 5.11 Å². The molecule has 1 rings (SSSR count). The molecule has 0 heterocycles. The predicted molar refractivity (Wildman–Crippen MR) is 56.0 cm³/mol. The Balaban J connectivity index is 2.71. The van der Waals surface area contributed by atoms with Crippen molar-refractivity contribution in [1.82, 2.24) is 4.72 Å². The minimum absolute atomic E-state index is 0.00609. The average Bonchev–Trinajstić information content (AvgIpc) is 1.93. The number of carboxylic acid groups (broad SMARTS) is 1. The first kappa shape index (κ1) is 12.4. The van der Waals surface area contributed by atoms with E-state index in [1.807, 2.05) is 0 Å². The third-order valence-corrected chi connectivity index (χ3v) is 4.33. The molecule has 1 saturated carbocycles. The van der Waals surface area contributed by atoms with E-state index in [0.29, 0.717) is 12.8 Å². The second kappa shape index (κ2) is 4.09. The van der Waals surface area contributed by atoms with E-state index in [1.54, 1.807) is 13.8 Å². The number of carbonyl (C=O) groups is 1. The summed E-state index contributed by atoms with van der Waals surface area (Å²) in [4.78, 5) is 10.9.